The highest BCUT2D eigenvalue weighted by atomic mass is 16.5. The molecule has 0 fully saturated rings. The fourth-order valence-electron chi connectivity index (χ4n) is 1.29. The summed E-state index contributed by atoms with van der Waals surface area (Å²) in [6, 6.07) is 7.97. The van der Waals surface area contributed by atoms with E-state index < -0.39 is 0 Å². The van der Waals surface area contributed by atoms with Crippen LogP contribution in [0.2, 0.25) is 0 Å². The van der Waals surface area contributed by atoms with Gasteiger partial charge in [0.2, 0.25) is 0 Å². The molecule has 1 aromatic rings. The van der Waals surface area contributed by atoms with E-state index in [0.29, 0.717) is 6.61 Å². The van der Waals surface area contributed by atoms with Crippen LogP contribution >= 0.6 is 0 Å². The molecule has 0 radical (unpaired) electrons. The minimum atomic E-state index is 0.104. The molecule has 2 nitrogen and oxygen atoms in total. The summed E-state index contributed by atoms with van der Waals surface area (Å²) in [5.74, 6) is 0.104. The van der Waals surface area contributed by atoms with Gasteiger partial charge in [0.05, 0.1) is 6.61 Å². The largest absolute Gasteiger partial charge is 0.380 e. The van der Waals surface area contributed by atoms with Crippen molar-refractivity contribution in [2.75, 3.05) is 7.11 Å². The number of benzene rings is 1. The van der Waals surface area contributed by atoms with E-state index in [9.17, 15) is 4.79 Å². The summed E-state index contributed by atoms with van der Waals surface area (Å²) in [5.41, 5.74) is 2.92. The Bertz CT molecular complexity index is 378. The van der Waals surface area contributed by atoms with Crippen LogP contribution in [0.25, 0.3) is 6.08 Å². The van der Waals surface area contributed by atoms with Gasteiger partial charge in [-0.05, 0) is 42.7 Å². The molecule has 2 heteroatoms. The van der Waals surface area contributed by atoms with Gasteiger partial charge in [0.1, 0.15) is 0 Å². The predicted octanol–water partition coefficient (Wildman–Crippen LogP) is 2.83. The lowest BCUT2D eigenvalue weighted by Gasteiger charge is -2.01. The first-order chi connectivity index (χ1) is 7.13. The molecule has 0 amide bonds. The summed E-state index contributed by atoms with van der Waals surface area (Å²) in [6.45, 7) is 4.00. The Hall–Kier alpha value is -1.41. The van der Waals surface area contributed by atoms with Crippen LogP contribution in [0.3, 0.4) is 0 Å². The fourth-order valence-corrected chi connectivity index (χ4v) is 1.29. The molecule has 0 spiro atoms. The van der Waals surface area contributed by atoms with Crippen molar-refractivity contribution in [2.45, 2.75) is 20.5 Å². The van der Waals surface area contributed by atoms with Crippen LogP contribution in [0.5, 0.6) is 0 Å². The number of ketones is 1. The van der Waals surface area contributed by atoms with Gasteiger partial charge in [-0.1, -0.05) is 18.2 Å². The van der Waals surface area contributed by atoms with E-state index >= 15 is 0 Å². The average molecular weight is 204 g/mol. The summed E-state index contributed by atoms with van der Waals surface area (Å²) in [7, 11) is 1.67. The Kier molecular flexibility index (Phi) is 4.25. The van der Waals surface area contributed by atoms with Crippen LogP contribution < -0.4 is 0 Å². The van der Waals surface area contributed by atoms with Gasteiger partial charge in [-0.15, -0.1) is 0 Å². The second-order valence-electron chi connectivity index (χ2n) is 3.56. The monoisotopic (exact) mass is 204 g/mol. The molecule has 0 heterocycles. The molecule has 80 valence electrons. The van der Waals surface area contributed by atoms with E-state index in [1.807, 2.05) is 37.3 Å². The Labute approximate surface area is 90.6 Å². The summed E-state index contributed by atoms with van der Waals surface area (Å²) in [4.78, 5) is 11.1. The number of carbonyl (C=O) groups is 1. The third-order valence-corrected chi connectivity index (χ3v) is 2.20. The summed E-state index contributed by atoms with van der Waals surface area (Å²) in [6.07, 6.45) is 1.89. The van der Waals surface area contributed by atoms with E-state index in [1.54, 1.807) is 14.0 Å². The van der Waals surface area contributed by atoms with Crippen molar-refractivity contribution in [1.29, 1.82) is 0 Å². The van der Waals surface area contributed by atoms with Crippen molar-refractivity contribution >= 4 is 11.9 Å². The zero-order valence-electron chi connectivity index (χ0n) is 9.41. The Morgan fingerprint density at radius 3 is 2.73 bits per heavy atom. The number of hydrogen-bond donors (Lipinski definition) is 0. The van der Waals surface area contributed by atoms with Crippen molar-refractivity contribution in [3.8, 4) is 0 Å². The first-order valence-electron chi connectivity index (χ1n) is 4.90. The molecular formula is C13H16O2. The maximum atomic E-state index is 11.1. The normalized spacial score (nSPS) is 11.5. The fraction of sp³-hybridized carbons (Fsp3) is 0.308. The number of carbonyl (C=O) groups excluding carboxylic acids is 1. The number of rotatable bonds is 4. The minimum absolute atomic E-state index is 0.104. The highest BCUT2D eigenvalue weighted by Gasteiger charge is 1.97. The molecule has 0 aliphatic rings. The molecule has 15 heavy (non-hydrogen) atoms. The number of Topliss-reactive ketones (excluding diaryl/α,β-unsaturated/α-hetero) is 1. The summed E-state index contributed by atoms with van der Waals surface area (Å²) in [5, 5.41) is 0. The molecule has 0 atom stereocenters. The lowest BCUT2D eigenvalue weighted by molar-refractivity contribution is -0.113. The summed E-state index contributed by atoms with van der Waals surface area (Å²) < 4.78 is 5.05. The van der Waals surface area contributed by atoms with Crippen molar-refractivity contribution < 1.29 is 9.53 Å². The van der Waals surface area contributed by atoms with Gasteiger partial charge < -0.3 is 4.74 Å². The Balaban J connectivity index is 2.91. The quantitative estimate of drug-likeness (QED) is 0.705. The van der Waals surface area contributed by atoms with Crippen LogP contribution in [0.4, 0.5) is 0 Å². The second-order valence-corrected chi connectivity index (χ2v) is 3.56. The second kappa shape index (κ2) is 5.47. The van der Waals surface area contributed by atoms with Crippen molar-refractivity contribution in [3.63, 3.8) is 0 Å². The van der Waals surface area contributed by atoms with E-state index in [4.69, 9.17) is 4.74 Å². The van der Waals surface area contributed by atoms with Gasteiger partial charge >= 0.3 is 0 Å². The molecule has 1 rings (SSSR count). The molecule has 0 aromatic heterocycles. The molecule has 0 aliphatic heterocycles. The van der Waals surface area contributed by atoms with Crippen molar-refractivity contribution in [3.05, 3.63) is 41.0 Å². The molecule has 0 bridgehead atoms. The third kappa shape index (κ3) is 3.68. The molecule has 0 saturated carbocycles. The summed E-state index contributed by atoms with van der Waals surface area (Å²) >= 11 is 0. The van der Waals surface area contributed by atoms with Crippen LogP contribution in [0.1, 0.15) is 25.0 Å². The average Bonchev–Trinajstić information content (AvgIpc) is 2.18. The highest BCUT2D eigenvalue weighted by Crippen LogP contribution is 2.10. The number of hydrogen-bond acceptors (Lipinski definition) is 2. The molecule has 0 saturated heterocycles. The molecule has 0 unspecified atom stereocenters. The van der Waals surface area contributed by atoms with Crippen LogP contribution in [-0.4, -0.2) is 12.9 Å². The number of methoxy groups -OCH3 is 1. The smallest absolute Gasteiger partial charge is 0.155 e. The van der Waals surface area contributed by atoms with Gasteiger partial charge in [-0.3, -0.25) is 4.79 Å². The van der Waals surface area contributed by atoms with Crippen LogP contribution in [0.15, 0.2) is 29.8 Å². The molecule has 0 N–H and O–H groups in total. The lowest BCUT2D eigenvalue weighted by Crippen LogP contribution is -1.92. The third-order valence-electron chi connectivity index (χ3n) is 2.20. The maximum absolute atomic E-state index is 11.1. The van der Waals surface area contributed by atoms with E-state index in [1.165, 1.54) is 0 Å². The van der Waals surface area contributed by atoms with E-state index in [-0.39, 0.29) is 5.78 Å². The van der Waals surface area contributed by atoms with Gasteiger partial charge in [-0.25, -0.2) is 0 Å². The standard InChI is InChI=1S/C13H16O2/c1-10(11(2)14)7-12-5-4-6-13(8-12)9-15-3/h4-8H,9H2,1-3H3/b10-7-. The Morgan fingerprint density at radius 2 is 2.13 bits per heavy atom. The zero-order valence-corrected chi connectivity index (χ0v) is 9.41. The van der Waals surface area contributed by atoms with E-state index in [2.05, 4.69) is 0 Å². The van der Waals surface area contributed by atoms with Crippen LogP contribution in [-0.2, 0) is 16.1 Å². The lowest BCUT2D eigenvalue weighted by atomic mass is 10.1. The molecule has 1 aromatic carbocycles. The number of allylic oxidation sites excluding steroid dienone is 1. The molecular weight excluding hydrogens is 188 g/mol. The van der Waals surface area contributed by atoms with Gasteiger partial charge in [-0.2, -0.15) is 0 Å². The SMILES string of the molecule is COCc1cccc(/C=C(/C)C(C)=O)c1. The zero-order chi connectivity index (χ0) is 11.3. The minimum Gasteiger partial charge on any atom is -0.380 e. The first-order valence-corrected chi connectivity index (χ1v) is 4.90. The number of ether oxygens (including phenoxy) is 1. The van der Waals surface area contributed by atoms with E-state index in [0.717, 1.165) is 16.7 Å². The van der Waals surface area contributed by atoms with Gasteiger partial charge in [0.25, 0.3) is 0 Å². The Morgan fingerprint density at radius 1 is 1.40 bits per heavy atom. The van der Waals surface area contributed by atoms with Crippen LogP contribution in [0, 0.1) is 0 Å². The van der Waals surface area contributed by atoms with Gasteiger partial charge in [0.15, 0.2) is 5.78 Å². The predicted molar refractivity (Wildman–Crippen MR) is 61.5 cm³/mol. The highest BCUT2D eigenvalue weighted by molar-refractivity contribution is 5.97. The van der Waals surface area contributed by atoms with Crippen molar-refractivity contribution in [2.24, 2.45) is 0 Å². The van der Waals surface area contributed by atoms with Gasteiger partial charge in [0, 0.05) is 7.11 Å². The topological polar surface area (TPSA) is 26.3 Å². The van der Waals surface area contributed by atoms with Crippen molar-refractivity contribution in [1.82, 2.24) is 0 Å². The molecule has 0 aliphatic carbocycles. The first kappa shape index (κ1) is 11.7. The maximum Gasteiger partial charge on any atom is 0.155 e.